The molecule has 1 unspecified atom stereocenters. The second-order valence-corrected chi connectivity index (χ2v) is 3.92. The number of hydrogen-bond acceptors (Lipinski definition) is 2. The number of hydrogen-bond donors (Lipinski definition) is 0. The summed E-state index contributed by atoms with van der Waals surface area (Å²) in [6.45, 7) is 7.07. The molecular weight excluding hydrogens is 142 g/mol. The molecule has 0 aromatic heterocycles. The van der Waals surface area contributed by atoms with Crippen LogP contribution in [0, 0.1) is 0 Å². The molecule has 2 saturated heterocycles. The number of nitrogens with zero attached hydrogens (tertiary/aromatic N) is 1. The molecule has 0 aromatic rings. The highest BCUT2D eigenvalue weighted by molar-refractivity contribution is 4.77. The average Bonchev–Trinajstić information content (AvgIpc) is 2.71. The van der Waals surface area contributed by atoms with Gasteiger partial charge >= 0.3 is 0 Å². The first-order chi connectivity index (χ1) is 5.16. The van der Waals surface area contributed by atoms with Crippen LogP contribution in [0.1, 0.15) is 6.92 Å². The first kappa shape index (κ1) is 7.53. The molecule has 2 heterocycles. The molecule has 0 saturated carbocycles. The molecule has 11 heavy (non-hydrogen) atoms. The smallest absolute Gasteiger partial charge is 0.224 e. The minimum atomic E-state index is 0.115. The van der Waals surface area contributed by atoms with Crippen molar-refractivity contribution in [3.63, 3.8) is 0 Å². The zero-order valence-electron chi connectivity index (χ0n) is 7.30. The summed E-state index contributed by atoms with van der Waals surface area (Å²) in [5.74, 6) is 0. The van der Waals surface area contributed by atoms with E-state index in [1.807, 2.05) is 0 Å². The van der Waals surface area contributed by atoms with Crippen LogP contribution >= 0.6 is 0 Å². The molecule has 2 fully saturated rings. The number of rotatable bonds is 1. The van der Waals surface area contributed by atoms with E-state index in [0.717, 1.165) is 37.4 Å². The Morgan fingerprint density at radius 3 is 2.27 bits per heavy atom. The van der Waals surface area contributed by atoms with Crippen LogP contribution in [-0.2, 0) is 9.47 Å². The zero-order chi connectivity index (χ0) is 7.95. The fourth-order valence-corrected chi connectivity index (χ4v) is 1.64. The molecule has 1 atom stereocenters. The van der Waals surface area contributed by atoms with Crippen LogP contribution in [0.4, 0.5) is 0 Å². The number of likely N-dealkylation sites (N-methyl/N-ethyl adjacent to an activating group) is 1. The largest absolute Gasteiger partial charge is 0.370 e. The summed E-state index contributed by atoms with van der Waals surface area (Å²) in [6, 6.07) is 0. The summed E-state index contributed by atoms with van der Waals surface area (Å²) in [5.41, 5.74) is 0.115. The molecular formula is C8H16NO2+. The van der Waals surface area contributed by atoms with Crippen LogP contribution in [0.5, 0.6) is 0 Å². The van der Waals surface area contributed by atoms with E-state index in [0.29, 0.717) is 0 Å². The lowest BCUT2D eigenvalue weighted by Gasteiger charge is -2.40. The fourth-order valence-electron chi connectivity index (χ4n) is 1.64. The van der Waals surface area contributed by atoms with E-state index >= 15 is 0 Å². The van der Waals surface area contributed by atoms with E-state index < -0.39 is 0 Å². The van der Waals surface area contributed by atoms with Gasteiger partial charge in [-0.1, -0.05) is 0 Å². The van der Waals surface area contributed by atoms with Gasteiger partial charge in [-0.15, -0.1) is 0 Å². The molecule has 2 aliphatic heterocycles. The van der Waals surface area contributed by atoms with Crippen molar-refractivity contribution in [1.82, 2.24) is 0 Å². The SMILES string of the molecule is CC1([N+]2(C)CCOCC2)CO1. The van der Waals surface area contributed by atoms with Crippen LogP contribution in [0.2, 0.25) is 0 Å². The molecule has 0 radical (unpaired) electrons. The lowest BCUT2D eigenvalue weighted by atomic mass is 10.2. The maximum absolute atomic E-state index is 5.46. The quantitative estimate of drug-likeness (QED) is 0.402. The highest BCUT2D eigenvalue weighted by atomic mass is 16.6. The van der Waals surface area contributed by atoms with Crippen LogP contribution in [0.15, 0.2) is 0 Å². The Balaban J connectivity index is 2.07. The van der Waals surface area contributed by atoms with Gasteiger partial charge in [-0.05, 0) is 0 Å². The molecule has 0 aromatic carbocycles. The Bertz CT molecular complexity index is 159. The highest BCUT2D eigenvalue weighted by Crippen LogP contribution is 2.36. The molecule has 0 bridgehead atoms. The number of quaternary nitrogens is 1. The predicted octanol–water partition coefficient (Wildman–Crippen LogP) is 0.210. The van der Waals surface area contributed by atoms with Crippen molar-refractivity contribution < 1.29 is 14.0 Å². The molecule has 0 amide bonds. The van der Waals surface area contributed by atoms with Gasteiger partial charge in [-0.2, -0.15) is 0 Å². The summed E-state index contributed by atoms with van der Waals surface area (Å²) in [7, 11) is 2.26. The molecule has 2 aliphatic rings. The summed E-state index contributed by atoms with van der Waals surface area (Å²) in [6.07, 6.45) is 0. The molecule has 0 spiro atoms. The molecule has 0 N–H and O–H groups in total. The highest BCUT2D eigenvalue weighted by Gasteiger charge is 2.56. The van der Waals surface area contributed by atoms with Crippen molar-refractivity contribution in [1.29, 1.82) is 0 Å². The number of morpholine rings is 1. The Labute approximate surface area is 67.5 Å². The lowest BCUT2D eigenvalue weighted by molar-refractivity contribution is -0.959. The molecule has 2 rings (SSSR count). The predicted molar refractivity (Wildman–Crippen MR) is 41.1 cm³/mol. The third kappa shape index (κ3) is 1.08. The topological polar surface area (TPSA) is 21.8 Å². The summed E-state index contributed by atoms with van der Waals surface area (Å²) < 4.78 is 11.8. The van der Waals surface area contributed by atoms with E-state index in [-0.39, 0.29) is 5.72 Å². The second-order valence-electron chi connectivity index (χ2n) is 3.92. The van der Waals surface area contributed by atoms with E-state index in [9.17, 15) is 0 Å². The number of ether oxygens (including phenoxy) is 2. The van der Waals surface area contributed by atoms with Gasteiger partial charge in [0.25, 0.3) is 0 Å². The normalized spacial score (nSPS) is 42.0. The maximum Gasteiger partial charge on any atom is 0.224 e. The van der Waals surface area contributed by atoms with Crippen LogP contribution in [0.3, 0.4) is 0 Å². The van der Waals surface area contributed by atoms with Crippen molar-refractivity contribution >= 4 is 0 Å². The zero-order valence-corrected chi connectivity index (χ0v) is 7.30. The Kier molecular flexibility index (Phi) is 1.50. The Morgan fingerprint density at radius 1 is 1.27 bits per heavy atom. The van der Waals surface area contributed by atoms with Gasteiger partial charge in [0.2, 0.25) is 5.72 Å². The van der Waals surface area contributed by atoms with E-state index in [1.165, 1.54) is 0 Å². The van der Waals surface area contributed by atoms with Gasteiger partial charge in [0.1, 0.15) is 19.7 Å². The van der Waals surface area contributed by atoms with Gasteiger partial charge in [-0.25, -0.2) is 0 Å². The summed E-state index contributed by atoms with van der Waals surface area (Å²) in [5, 5.41) is 0. The van der Waals surface area contributed by atoms with Crippen molar-refractivity contribution in [2.24, 2.45) is 0 Å². The lowest BCUT2D eigenvalue weighted by Crippen LogP contribution is -2.59. The Morgan fingerprint density at radius 2 is 1.82 bits per heavy atom. The maximum atomic E-state index is 5.46. The van der Waals surface area contributed by atoms with Gasteiger partial charge in [0.05, 0.1) is 20.3 Å². The first-order valence-corrected chi connectivity index (χ1v) is 4.23. The van der Waals surface area contributed by atoms with Crippen LogP contribution in [0.25, 0.3) is 0 Å². The summed E-state index contributed by atoms with van der Waals surface area (Å²) >= 11 is 0. The van der Waals surface area contributed by atoms with Gasteiger partial charge in [0.15, 0.2) is 0 Å². The van der Waals surface area contributed by atoms with Crippen molar-refractivity contribution in [3.8, 4) is 0 Å². The van der Waals surface area contributed by atoms with Gasteiger partial charge in [-0.3, -0.25) is 4.48 Å². The first-order valence-electron chi connectivity index (χ1n) is 4.23. The van der Waals surface area contributed by atoms with E-state index in [4.69, 9.17) is 9.47 Å². The third-order valence-corrected chi connectivity index (χ3v) is 3.16. The molecule has 3 heteroatoms. The summed E-state index contributed by atoms with van der Waals surface area (Å²) in [4.78, 5) is 0. The van der Waals surface area contributed by atoms with Gasteiger partial charge < -0.3 is 9.47 Å². The monoisotopic (exact) mass is 158 g/mol. The van der Waals surface area contributed by atoms with E-state index in [2.05, 4.69) is 14.0 Å². The van der Waals surface area contributed by atoms with E-state index in [1.54, 1.807) is 0 Å². The Hall–Kier alpha value is -0.120. The van der Waals surface area contributed by atoms with Crippen molar-refractivity contribution in [3.05, 3.63) is 0 Å². The minimum Gasteiger partial charge on any atom is -0.370 e. The molecule has 64 valence electrons. The molecule has 3 nitrogen and oxygen atoms in total. The number of epoxide rings is 1. The van der Waals surface area contributed by atoms with Crippen LogP contribution < -0.4 is 0 Å². The third-order valence-electron chi connectivity index (χ3n) is 3.16. The standard InChI is InChI=1S/C8H16NO2/c1-8(7-11-8)9(2)3-5-10-6-4-9/h3-7H2,1-2H3/q+1. The average molecular weight is 158 g/mol. The van der Waals surface area contributed by atoms with Crippen molar-refractivity contribution in [2.75, 3.05) is 40.0 Å². The minimum absolute atomic E-state index is 0.115. The molecule has 0 aliphatic carbocycles. The van der Waals surface area contributed by atoms with Crippen LogP contribution in [-0.4, -0.2) is 50.2 Å². The van der Waals surface area contributed by atoms with Gasteiger partial charge in [0, 0.05) is 6.92 Å². The fraction of sp³-hybridized carbons (Fsp3) is 1.00. The second kappa shape index (κ2) is 2.19. The van der Waals surface area contributed by atoms with Crippen molar-refractivity contribution in [2.45, 2.75) is 12.6 Å².